The second kappa shape index (κ2) is 12.0. The Kier molecular flexibility index (Phi) is 9.28. The van der Waals surface area contributed by atoms with Gasteiger partial charge in [-0.1, -0.05) is 61.5 Å². The van der Waals surface area contributed by atoms with Crippen LogP contribution in [0.5, 0.6) is 5.75 Å². The minimum atomic E-state index is -1.06. The van der Waals surface area contributed by atoms with Crippen molar-refractivity contribution >= 4 is 29.1 Å². The number of carbonyl (C=O) groups excluding carboxylic acids is 1. The third-order valence-corrected chi connectivity index (χ3v) is 7.18. The molecule has 4 nitrogen and oxygen atoms in total. The third kappa shape index (κ3) is 7.65. The first-order chi connectivity index (χ1) is 16.2. The van der Waals surface area contributed by atoms with Crippen LogP contribution in [0.1, 0.15) is 70.4 Å². The fourth-order valence-corrected chi connectivity index (χ4v) is 5.20. The van der Waals surface area contributed by atoms with Gasteiger partial charge in [-0.25, -0.2) is 0 Å². The molecule has 0 spiro atoms. The summed E-state index contributed by atoms with van der Waals surface area (Å²) in [5.74, 6) is 1.45. The summed E-state index contributed by atoms with van der Waals surface area (Å²) in [5.41, 5.74) is 0.868. The van der Waals surface area contributed by atoms with Crippen molar-refractivity contribution in [3.63, 3.8) is 0 Å². The molecule has 0 aliphatic heterocycles. The van der Waals surface area contributed by atoms with Crippen LogP contribution in [0, 0.1) is 23.2 Å². The van der Waals surface area contributed by atoms with Gasteiger partial charge in [0.15, 0.2) is 5.60 Å². The van der Waals surface area contributed by atoms with Crippen LogP contribution in [-0.2, 0) is 11.2 Å². The molecule has 6 heteroatoms. The number of benzene rings is 2. The number of hydrogen-bond donors (Lipinski definition) is 1. The summed E-state index contributed by atoms with van der Waals surface area (Å²) in [6, 6.07) is 15.2. The minimum absolute atomic E-state index is 0.125. The van der Waals surface area contributed by atoms with Crippen LogP contribution in [0.3, 0.4) is 0 Å². The molecule has 3 rings (SSSR count). The van der Waals surface area contributed by atoms with Crippen molar-refractivity contribution in [1.82, 2.24) is 5.32 Å². The summed E-state index contributed by atoms with van der Waals surface area (Å²) in [5, 5.41) is 13.3. The second-order valence-corrected chi connectivity index (χ2v) is 10.9. The lowest BCUT2D eigenvalue weighted by Crippen LogP contribution is -2.50. The highest BCUT2D eigenvalue weighted by molar-refractivity contribution is 6.35. The van der Waals surface area contributed by atoms with E-state index in [4.69, 9.17) is 33.2 Å². The van der Waals surface area contributed by atoms with Crippen molar-refractivity contribution in [2.45, 2.75) is 77.4 Å². The molecule has 1 amide bonds. The van der Waals surface area contributed by atoms with Gasteiger partial charge in [0.1, 0.15) is 5.75 Å². The third-order valence-electron chi connectivity index (χ3n) is 6.65. The number of rotatable bonds is 8. The second-order valence-electron chi connectivity index (χ2n) is 10.1. The SMILES string of the molecule is CC1CCC(CCCc2cccc(C#N)c2)CC(NC(=O)C(C)(C)Oc2ccc(Cl)cc2Cl)C1. The van der Waals surface area contributed by atoms with Crippen LogP contribution in [0.2, 0.25) is 10.0 Å². The number of carbonyl (C=O) groups is 1. The van der Waals surface area contributed by atoms with Gasteiger partial charge in [-0.3, -0.25) is 4.79 Å². The Morgan fingerprint density at radius 3 is 2.71 bits per heavy atom. The lowest BCUT2D eigenvalue weighted by Gasteiger charge is -2.29. The summed E-state index contributed by atoms with van der Waals surface area (Å²) < 4.78 is 5.98. The molecule has 0 bridgehead atoms. The van der Waals surface area contributed by atoms with E-state index in [1.165, 1.54) is 18.4 Å². The van der Waals surface area contributed by atoms with Crippen molar-refractivity contribution in [2.75, 3.05) is 0 Å². The minimum Gasteiger partial charge on any atom is -0.476 e. The molecule has 1 aliphatic rings. The number of hydrogen-bond acceptors (Lipinski definition) is 3. The summed E-state index contributed by atoms with van der Waals surface area (Å²) in [7, 11) is 0. The maximum Gasteiger partial charge on any atom is 0.263 e. The van der Waals surface area contributed by atoms with Crippen molar-refractivity contribution in [3.8, 4) is 11.8 Å². The van der Waals surface area contributed by atoms with Crippen LogP contribution in [0.25, 0.3) is 0 Å². The molecule has 2 aromatic rings. The van der Waals surface area contributed by atoms with Gasteiger partial charge in [0.05, 0.1) is 16.7 Å². The van der Waals surface area contributed by atoms with E-state index in [2.05, 4.69) is 24.4 Å². The highest BCUT2D eigenvalue weighted by Gasteiger charge is 2.34. The fourth-order valence-electron chi connectivity index (χ4n) is 4.75. The van der Waals surface area contributed by atoms with Crippen LogP contribution in [-0.4, -0.2) is 17.6 Å². The smallest absolute Gasteiger partial charge is 0.263 e. The van der Waals surface area contributed by atoms with E-state index >= 15 is 0 Å². The average Bonchev–Trinajstić information content (AvgIpc) is 2.96. The molecular formula is C28H34Cl2N2O2. The van der Waals surface area contributed by atoms with E-state index in [1.54, 1.807) is 32.0 Å². The molecule has 1 saturated carbocycles. The number of ether oxygens (including phenoxy) is 1. The summed E-state index contributed by atoms with van der Waals surface area (Å²) in [6.07, 6.45) is 7.50. The van der Waals surface area contributed by atoms with E-state index in [9.17, 15) is 4.79 Å². The number of nitrogens with zero attached hydrogens (tertiary/aromatic N) is 1. The average molecular weight is 501 g/mol. The topological polar surface area (TPSA) is 62.1 Å². The first-order valence-corrected chi connectivity index (χ1v) is 12.9. The van der Waals surface area contributed by atoms with Gasteiger partial charge in [0.2, 0.25) is 0 Å². The highest BCUT2D eigenvalue weighted by Crippen LogP contribution is 2.33. The van der Waals surface area contributed by atoms with Gasteiger partial charge in [-0.05, 0) is 87.3 Å². The first-order valence-electron chi connectivity index (χ1n) is 12.1. The number of aryl methyl sites for hydroxylation is 1. The Labute approximate surface area is 213 Å². The molecule has 3 unspecified atom stereocenters. The molecule has 182 valence electrons. The summed E-state index contributed by atoms with van der Waals surface area (Å²) in [4.78, 5) is 13.2. The van der Waals surface area contributed by atoms with Crippen LogP contribution < -0.4 is 10.1 Å². The zero-order valence-corrected chi connectivity index (χ0v) is 21.8. The van der Waals surface area contributed by atoms with Gasteiger partial charge in [0.25, 0.3) is 5.91 Å². The Morgan fingerprint density at radius 2 is 1.97 bits per heavy atom. The lowest BCUT2D eigenvalue weighted by molar-refractivity contribution is -0.135. The predicted octanol–water partition coefficient (Wildman–Crippen LogP) is 7.36. The van der Waals surface area contributed by atoms with E-state index in [0.717, 1.165) is 32.1 Å². The monoisotopic (exact) mass is 500 g/mol. The van der Waals surface area contributed by atoms with Crippen LogP contribution in [0.4, 0.5) is 0 Å². The molecular weight excluding hydrogens is 467 g/mol. The molecule has 1 N–H and O–H groups in total. The van der Waals surface area contributed by atoms with E-state index in [0.29, 0.717) is 33.2 Å². The summed E-state index contributed by atoms with van der Waals surface area (Å²) in [6.45, 7) is 5.80. The predicted molar refractivity (Wildman–Crippen MR) is 138 cm³/mol. The van der Waals surface area contributed by atoms with E-state index < -0.39 is 5.60 Å². The number of nitrogens with one attached hydrogen (secondary N) is 1. The van der Waals surface area contributed by atoms with Gasteiger partial charge >= 0.3 is 0 Å². The lowest BCUT2D eigenvalue weighted by atomic mass is 9.91. The van der Waals surface area contributed by atoms with Crippen molar-refractivity contribution in [2.24, 2.45) is 11.8 Å². The van der Waals surface area contributed by atoms with Crippen molar-refractivity contribution < 1.29 is 9.53 Å². The molecule has 1 fully saturated rings. The Hall–Kier alpha value is -2.22. The van der Waals surface area contributed by atoms with Crippen molar-refractivity contribution in [3.05, 3.63) is 63.6 Å². The standard InChI is InChI=1S/C28H34Cl2N2O2/c1-19-10-11-21(8-4-6-20-7-5-9-22(15-20)18-31)16-24(14-19)32-27(33)28(2,3)34-26-13-12-23(29)17-25(26)30/h5,7,9,12-13,15,17,19,21,24H,4,6,8,10-11,14,16H2,1-3H3,(H,32,33). The Morgan fingerprint density at radius 1 is 1.18 bits per heavy atom. The van der Waals surface area contributed by atoms with Gasteiger partial charge < -0.3 is 10.1 Å². The van der Waals surface area contributed by atoms with Gasteiger partial charge in [-0.2, -0.15) is 5.26 Å². The molecule has 1 aliphatic carbocycles. The van der Waals surface area contributed by atoms with Gasteiger partial charge in [-0.15, -0.1) is 0 Å². The van der Waals surface area contributed by atoms with E-state index in [-0.39, 0.29) is 11.9 Å². The van der Waals surface area contributed by atoms with Crippen LogP contribution in [0.15, 0.2) is 42.5 Å². The molecule has 0 heterocycles. The maximum atomic E-state index is 13.2. The molecule has 3 atom stereocenters. The van der Waals surface area contributed by atoms with Crippen LogP contribution >= 0.6 is 23.2 Å². The largest absolute Gasteiger partial charge is 0.476 e. The summed E-state index contributed by atoms with van der Waals surface area (Å²) >= 11 is 12.2. The van der Waals surface area contributed by atoms with Gasteiger partial charge in [0, 0.05) is 11.1 Å². The first kappa shape index (κ1) is 26.4. The number of nitriles is 1. The van der Waals surface area contributed by atoms with Crippen molar-refractivity contribution in [1.29, 1.82) is 5.26 Å². The zero-order chi connectivity index (χ0) is 24.7. The Balaban J connectivity index is 1.56. The number of amides is 1. The molecule has 0 radical (unpaired) electrons. The molecule has 0 aromatic heterocycles. The fraction of sp³-hybridized carbons (Fsp3) is 0.500. The zero-order valence-electron chi connectivity index (χ0n) is 20.2. The molecule has 2 aromatic carbocycles. The molecule has 34 heavy (non-hydrogen) atoms. The number of halogens is 2. The maximum absolute atomic E-state index is 13.2. The Bertz CT molecular complexity index is 1030. The van der Waals surface area contributed by atoms with E-state index in [1.807, 2.05) is 18.2 Å². The highest BCUT2D eigenvalue weighted by atomic mass is 35.5. The normalized spacial score (nSPS) is 20.8. The quantitative estimate of drug-likeness (QED) is 0.385. The molecule has 0 saturated heterocycles.